The van der Waals surface area contributed by atoms with Crippen LogP contribution in [0.1, 0.15) is 39.5 Å². The van der Waals surface area contributed by atoms with Crippen molar-refractivity contribution in [1.82, 2.24) is 4.90 Å². The maximum absolute atomic E-state index is 8.83. The Morgan fingerprint density at radius 3 is 2.54 bits per heavy atom. The molecule has 1 aliphatic carbocycles. The van der Waals surface area contributed by atoms with Crippen LogP contribution in [-0.2, 0) is 0 Å². The van der Waals surface area contributed by atoms with Crippen LogP contribution in [0.25, 0.3) is 0 Å². The number of hydrogen-bond donors (Lipinski definition) is 0. The first-order chi connectivity index (χ1) is 6.16. The lowest BCUT2D eigenvalue weighted by Gasteiger charge is -2.37. The molecule has 13 heavy (non-hydrogen) atoms. The molecular weight excluding hydrogens is 160 g/mol. The number of hydrogen-bond acceptors (Lipinski definition) is 2. The fourth-order valence-electron chi connectivity index (χ4n) is 2.28. The minimum Gasteiger partial charge on any atom is -0.288 e. The van der Waals surface area contributed by atoms with Crippen LogP contribution < -0.4 is 0 Å². The molecule has 0 aromatic rings. The second-order valence-electron chi connectivity index (χ2n) is 4.30. The number of nitriles is 1. The summed E-state index contributed by atoms with van der Waals surface area (Å²) >= 11 is 0. The van der Waals surface area contributed by atoms with E-state index < -0.39 is 0 Å². The molecule has 2 nitrogen and oxygen atoms in total. The third-order valence-electron chi connectivity index (χ3n) is 3.39. The van der Waals surface area contributed by atoms with Crippen LogP contribution in [0.15, 0.2) is 0 Å². The van der Waals surface area contributed by atoms with Crippen molar-refractivity contribution in [3.8, 4) is 6.07 Å². The summed E-state index contributed by atoms with van der Waals surface area (Å²) in [5.41, 5.74) is 0. The van der Waals surface area contributed by atoms with Gasteiger partial charge in [-0.3, -0.25) is 4.90 Å². The van der Waals surface area contributed by atoms with E-state index in [1.165, 1.54) is 25.7 Å². The molecule has 0 aromatic heterocycles. The SMILES string of the molecule is CC1CCCCC1N(C)C(C)C#N. The lowest BCUT2D eigenvalue weighted by molar-refractivity contribution is 0.124. The zero-order chi connectivity index (χ0) is 9.84. The Bertz CT molecular complexity index is 195. The maximum atomic E-state index is 8.83. The summed E-state index contributed by atoms with van der Waals surface area (Å²) in [6.07, 6.45) is 5.29. The molecule has 3 unspecified atom stereocenters. The number of nitrogens with zero attached hydrogens (tertiary/aromatic N) is 2. The van der Waals surface area contributed by atoms with Gasteiger partial charge in [0, 0.05) is 6.04 Å². The molecule has 0 N–H and O–H groups in total. The summed E-state index contributed by atoms with van der Waals surface area (Å²) in [6.45, 7) is 4.30. The van der Waals surface area contributed by atoms with E-state index >= 15 is 0 Å². The van der Waals surface area contributed by atoms with Gasteiger partial charge in [0.05, 0.1) is 12.1 Å². The van der Waals surface area contributed by atoms with Crippen LogP contribution in [0.4, 0.5) is 0 Å². The van der Waals surface area contributed by atoms with Crippen LogP contribution in [0.2, 0.25) is 0 Å². The quantitative estimate of drug-likeness (QED) is 0.652. The van der Waals surface area contributed by atoms with Gasteiger partial charge in [0.25, 0.3) is 0 Å². The highest BCUT2D eigenvalue weighted by atomic mass is 15.2. The van der Waals surface area contributed by atoms with E-state index in [1.807, 2.05) is 6.92 Å². The van der Waals surface area contributed by atoms with Crippen molar-refractivity contribution < 1.29 is 0 Å². The predicted octanol–water partition coefficient (Wildman–Crippen LogP) is 2.41. The van der Waals surface area contributed by atoms with Gasteiger partial charge in [-0.15, -0.1) is 0 Å². The molecular formula is C11H20N2. The molecule has 0 amide bonds. The second-order valence-corrected chi connectivity index (χ2v) is 4.30. The highest BCUT2D eigenvalue weighted by Gasteiger charge is 2.27. The highest BCUT2D eigenvalue weighted by Crippen LogP contribution is 2.28. The van der Waals surface area contributed by atoms with Crippen LogP contribution >= 0.6 is 0 Å². The minimum absolute atomic E-state index is 0.0607. The monoisotopic (exact) mass is 180 g/mol. The van der Waals surface area contributed by atoms with Crippen molar-refractivity contribution in [2.45, 2.75) is 51.6 Å². The van der Waals surface area contributed by atoms with Crippen LogP contribution in [0.3, 0.4) is 0 Å². The Balaban J connectivity index is 2.54. The summed E-state index contributed by atoms with van der Waals surface area (Å²) in [4.78, 5) is 2.24. The summed E-state index contributed by atoms with van der Waals surface area (Å²) < 4.78 is 0. The van der Waals surface area contributed by atoms with Crippen molar-refractivity contribution in [3.63, 3.8) is 0 Å². The van der Waals surface area contributed by atoms with Crippen molar-refractivity contribution in [1.29, 1.82) is 5.26 Å². The van der Waals surface area contributed by atoms with Gasteiger partial charge in [-0.1, -0.05) is 19.8 Å². The summed E-state index contributed by atoms with van der Waals surface area (Å²) in [7, 11) is 2.08. The molecule has 74 valence electrons. The average molecular weight is 180 g/mol. The largest absolute Gasteiger partial charge is 0.288 e. The van der Waals surface area contributed by atoms with Crippen molar-refractivity contribution >= 4 is 0 Å². The van der Waals surface area contributed by atoms with Crippen LogP contribution in [0, 0.1) is 17.2 Å². The lowest BCUT2D eigenvalue weighted by Crippen LogP contribution is -2.43. The van der Waals surface area contributed by atoms with E-state index in [0.29, 0.717) is 6.04 Å². The topological polar surface area (TPSA) is 27.0 Å². The first kappa shape index (κ1) is 10.5. The maximum Gasteiger partial charge on any atom is 0.0949 e. The normalized spacial score (nSPS) is 31.3. The summed E-state index contributed by atoms with van der Waals surface area (Å²) in [5.74, 6) is 0.759. The van der Waals surface area contributed by atoms with Gasteiger partial charge in [-0.05, 0) is 32.7 Å². The molecule has 0 spiro atoms. The van der Waals surface area contributed by atoms with E-state index in [2.05, 4.69) is 24.9 Å². The Morgan fingerprint density at radius 2 is 2.00 bits per heavy atom. The molecule has 1 aliphatic rings. The molecule has 3 atom stereocenters. The average Bonchev–Trinajstić information content (AvgIpc) is 2.16. The first-order valence-electron chi connectivity index (χ1n) is 5.28. The lowest BCUT2D eigenvalue weighted by atomic mass is 9.84. The third-order valence-corrected chi connectivity index (χ3v) is 3.39. The smallest absolute Gasteiger partial charge is 0.0949 e. The second kappa shape index (κ2) is 4.62. The zero-order valence-electron chi connectivity index (χ0n) is 8.95. The summed E-state index contributed by atoms with van der Waals surface area (Å²) in [6, 6.07) is 3.00. The van der Waals surface area contributed by atoms with E-state index in [4.69, 9.17) is 5.26 Å². The third kappa shape index (κ3) is 2.45. The standard InChI is InChI=1S/C11H20N2/c1-9-6-4-5-7-11(9)13(3)10(2)8-12/h9-11H,4-7H2,1-3H3. The van der Waals surface area contributed by atoms with Crippen molar-refractivity contribution in [2.75, 3.05) is 7.05 Å². The molecule has 1 fully saturated rings. The van der Waals surface area contributed by atoms with Crippen molar-refractivity contribution in [3.05, 3.63) is 0 Å². The minimum atomic E-state index is 0.0607. The molecule has 0 aromatic carbocycles. The van der Waals surface area contributed by atoms with Gasteiger partial charge in [-0.2, -0.15) is 5.26 Å². The Morgan fingerprint density at radius 1 is 1.38 bits per heavy atom. The highest BCUT2D eigenvalue weighted by molar-refractivity contribution is 4.91. The zero-order valence-corrected chi connectivity index (χ0v) is 8.95. The van der Waals surface area contributed by atoms with Crippen LogP contribution in [-0.4, -0.2) is 24.0 Å². The molecule has 1 rings (SSSR count). The van der Waals surface area contributed by atoms with Crippen molar-refractivity contribution in [2.24, 2.45) is 5.92 Å². The van der Waals surface area contributed by atoms with Gasteiger partial charge in [0.15, 0.2) is 0 Å². The number of rotatable bonds is 2. The molecule has 0 radical (unpaired) electrons. The predicted molar refractivity (Wildman–Crippen MR) is 54.3 cm³/mol. The fraction of sp³-hybridized carbons (Fsp3) is 0.909. The van der Waals surface area contributed by atoms with Gasteiger partial charge in [0.2, 0.25) is 0 Å². The first-order valence-corrected chi connectivity index (χ1v) is 5.28. The molecule has 1 saturated carbocycles. The molecule has 0 saturated heterocycles. The van der Waals surface area contributed by atoms with E-state index in [1.54, 1.807) is 0 Å². The van der Waals surface area contributed by atoms with E-state index in [9.17, 15) is 0 Å². The van der Waals surface area contributed by atoms with Crippen LogP contribution in [0.5, 0.6) is 0 Å². The Kier molecular flexibility index (Phi) is 3.74. The molecule has 0 heterocycles. The Hall–Kier alpha value is -0.550. The fourth-order valence-corrected chi connectivity index (χ4v) is 2.28. The van der Waals surface area contributed by atoms with E-state index in [-0.39, 0.29) is 6.04 Å². The van der Waals surface area contributed by atoms with Gasteiger partial charge < -0.3 is 0 Å². The van der Waals surface area contributed by atoms with E-state index in [0.717, 1.165) is 5.92 Å². The molecule has 2 heteroatoms. The summed E-state index contributed by atoms with van der Waals surface area (Å²) in [5, 5.41) is 8.83. The van der Waals surface area contributed by atoms with Gasteiger partial charge in [0.1, 0.15) is 0 Å². The molecule has 0 aliphatic heterocycles. The Labute approximate surface area is 81.5 Å². The van der Waals surface area contributed by atoms with Gasteiger partial charge in [-0.25, -0.2) is 0 Å². The molecule has 0 bridgehead atoms. The van der Waals surface area contributed by atoms with Gasteiger partial charge >= 0.3 is 0 Å².